The average molecular weight is 140 g/mol. The first-order valence-corrected chi connectivity index (χ1v) is 3.07. The maximum absolute atomic E-state index is 8.64. The molecule has 54 valence electrons. The predicted molar refractivity (Wildman–Crippen MR) is 39.1 cm³/mol. The molecule has 0 radical (unpaired) electrons. The Hall–Kier alpha value is -0.805. The van der Waals surface area contributed by atoms with Crippen LogP contribution >= 0.6 is 0 Å². The number of hydrogen-bond acceptors (Lipinski definition) is 4. The van der Waals surface area contributed by atoms with E-state index in [4.69, 9.17) is 15.8 Å². The highest BCUT2D eigenvalue weighted by Gasteiger charge is 2.16. The first-order valence-electron chi connectivity index (χ1n) is 3.07. The van der Waals surface area contributed by atoms with Gasteiger partial charge in [-0.15, -0.1) is 0 Å². The van der Waals surface area contributed by atoms with E-state index in [1.54, 1.807) is 0 Å². The smallest absolute Gasteiger partial charge is 0.423 e. The molecule has 10 heavy (non-hydrogen) atoms. The molecule has 0 aromatic heterocycles. The quantitative estimate of drug-likeness (QED) is 0.410. The summed E-state index contributed by atoms with van der Waals surface area (Å²) < 4.78 is 0. The van der Waals surface area contributed by atoms with Gasteiger partial charge in [0.25, 0.3) is 0 Å². The predicted octanol–water partition coefficient (Wildman–Crippen LogP) is -0.967. The molecule has 5 heteroatoms. The zero-order valence-corrected chi connectivity index (χ0v) is 5.49. The molecular formula is C5H9BN2O2. The topological polar surface area (TPSA) is 78.8 Å². The van der Waals surface area contributed by atoms with Crippen LogP contribution < -0.4 is 5.73 Å². The van der Waals surface area contributed by atoms with Crippen molar-refractivity contribution in [2.24, 2.45) is 10.7 Å². The lowest BCUT2D eigenvalue weighted by Gasteiger charge is -2.08. The monoisotopic (exact) mass is 140 g/mol. The molecule has 0 bridgehead atoms. The van der Waals surface area contributed by atoms with Crippen molar-refractivity contribution < 1.29 is 10.0 Å². The molecule has 0 amide bonds. The van der Waals surface area contributed by atoms with Gasteiger partial charge in [0.1, 0.15) is 0 Å². The van der Waals surface area contributed by atoms with Crippen molar-refractivity contribution in [3.63, 3.8) is 0 Å². The number of amidine groups is 1. The molecule has 0 saturated carbocycles. The minimum Gasteiger partial charge on any atom is -0.423 e. The molecule has 0 fully saturated rings. The van der Waals surface area contributed by atoms with Gasteiger partial charge in [-0.25, -0.2) is 4.99 Å². The second kappa shape index (κ2) is 2.85. The van der Waals surface area contributed by atoms with Gasteiger partial charge in [0, 0.05) is 12.6 Å². The van der Waals surface area contributed by atoms with E-state index in [9.17, 15) is 0 Å². The fraction of sp³-hybridized carbons (Fsp3) is 0.400. The van der Waals surface area contributed by atoms with Gasteiger partial charge in [-0.05, 0) is 11.9 Å². The van der Waals surface area contributed by atoms with Gasteiger partial charge in [0.2, 0.25) is 0 Å². The fourth-order valence-corrected chi connectivity index (χ4v) is 0.763. The Bertz CT molecular complexity index is 188. The van der Waals surface area contributed by atoms with Gasteiger partial charge in [0.15, 0.2) is 0 Å². The lowest BCUT2D eigenvalue weighted by atomic mass is 9.76. The van der Waals surface area contributed by atoms with E-state index in [0.717, 1.165) is 0 Å². The third-order valence-corrected chi connectivity index (χ3v) is 1.40. The Morgan fingerprint density at radius 1 is 1.50 bits per heavy atom. The summed E-state index contributed by atoms with van der Waals surface area (Å²) in [7, 11) is -1.38. The molecule has 0 aromatic carbocycles. The van der Waals surface area contributed by atoms with Crippen LogP contribution in [0.15, 0.2) is 16.7 Å². The maximum Gasteiger partial charge on any atom is 0.485 e. The maximum atomic E-state index is 8.64. The van der Waals surface area contributed by atoms with Gasteiger partial charge < -0.3 is 15.8 Å². The first kappa shape index (κ1) is 7.30. The number of allylic oxidation sites excluding steroid dienone is 1. The van der Waals surface area contributed by atoms with E-state index in [2.05, 4.69) is 4.99 Å². The van der Waals surface area contributed by atoms with Crippen molar-refractivity contribution in [3.05, 3.63) is 11.7 Å². The van der Waals surface area contributed by atoms with Crippen LogP contribution in [0.4, 0.5) is 0 Å². The van der Waals surface area contributed by atoms with Crippen molar-refractivity contribution in [1.29, 1.82) is 0 Å². The number of hydrogen-bond donors (Lipinski definition) is 3. The summed E-state index contributed by atoms with van der Waals surface area (Å²) >= 11 is 0. The molecule has 1 rings (SSSR count). The molecule has 0 saturated heterocycles. The highest BCUT2D eigenvalue weighted by Crippen LogP contribution is 2.10. The highest BCUT2D eigenvalue weighted by atomic mass is 16.4. The third-order valence-electron chi connectivity index (χ3n) is 1.40. The summed E-state index contributed by atoms with van der Waals surface area (Å²) in [4.78, 5) is 3.74. The molecule has 0 unspecified atom stereocenters. The number of nitrogens with zero attached hydrogens (tertiary/aromatic N) is 1. The number of rotatable bonds is 1. The van der Waals surface area contributed by atoms with Gasteiger partial charge in [-0.2, -0.15) is 0 Å². The van der Waals surface area contributed by atoms with Gasteiger partial charge in [-0.1, -0.05) is 0 Å². The van der Waals surface area contributed by atoms with Gasteiger partial charge in [0.05, 0.1) is 5.84 Å². The lowest BCUT2D eigenvalue weighted by Crippen LogP contribution is -2.21. The first-order chi connectivity index (χ1) is 4.70. The zero-order valence-electron chi connectivity index (χ0n) is 5.49. The van der Waals surface area contributed by atoms with Crippen LogP contribution in [0.25, 0.3) is 0 Å². The molecule has 4 nitrogen and oxygen atoms in total. The second-order valence-electron chi connectivity index (χ2n) is 2.20. The van der Waals surface area contributed by atoms with Crippen LogP contribution in [0.3, 0.4) is 0 Å². The Balaban J connectivity index is 2.64. The third kappa shape index (κ3) is 1.59. The second-order valence-corrected chi connectivity index (χ2v) is 2.20. The Morgan fingerprint density at radius 2 is 2.20 bits per heavy atom. The van der Waals surface area contributed by atoms with Crippen molar-refractivity contribution in [2.75, 3.05) is 0 Å². The minimum atomic E-state index is -1.38. The van der Waals surface area contributed by atoms with E-state index >= 15 is 0 Å². The molecule has 0 atom stereocenters. The van der Waals surface area contributed by atoms with Crippen molar-refractivity contribution in [3.8, 4) is 0 Å². The zero-order chi connectivity index (χ0) is 7.56. The Labute approximate surface area is 59.2 Å². The van der Waals surface area contributed by atoms with Crippen LogP contribution in [0.1, 0.15) is 12.8 Å². The standard InChI is InChI=1S/C5H9BN2O2/c7-5-2-1-4(3-8-5)6(9)10/h3,9-10H,1-2H2,(H2,7,8). The Kier molecular flexibility index (Phi) is 2.08. The molecule has 1 aliphatic rings. The van der Waals surface area contributed by atoms with E-state index in [0.29, 0.717) is 24.1 Å². The summed E-state index contributed by atoms with van der Waals surface area (Å²) in [6.45, 7) is 0. The van der Waals surface area contributed by atoms with E-state index in [-0.39, 0.29) is 0 Å². The summed E-state index contributed by atoms with van der Waals surface area (Å²) in [6, 6.07) is 0. The van der Waals surface area contributed by atoms with Crippen LogP contribution in [-0.2, 0) is 0 Å². The molecule has 4 N–H and O–H groups in total. The van der Waals surface area contributed by atoms with Crippen molar-refractivity contribution >= 4 is 13.0 Å². The number of nitrogens with two attached hydrogens (primary N) is 1. The van der Waals surface area contributed by atoms with Crippen molar-refractivity contribution in [1.82, 2.24) is 0 Å². The molecule has 0 spiro atoms. The molecule has 0 aromatic rings. The number of aliphatic imine (C=N–C) groups is 1. The van der Waals surface area contributed by atoms with Crippen LogP contribution in [0.2, 0.25) is 0 Å². The van der Waals surface area contributed by atoms with Crippen LogP contribution in [-0.4, -0.2) is 23.0 Å². The lowest BCUT2D eigenvalue weighted by molar-refractivity contribution is 0.416. The van der Waals surface area contributed by atoms with Gasteiger partial charge >= 0.3 is 7.12 Å². The summed E-state index contributed by atoms with van der Waals surface area (Å²) in [5.74, 6) is 0.546. The molecular weight excluding hydrogens is 131 g/mol. The van der Waals surface area contributed by atoms with Crippen molar-refractivity contribution in [2.45, 2.75) is 12.8 Å². The summed E-state index contributed by atoms with van der Waals surface area (Å²) in [5, 5.41) is 17.3. The average Bonchev–Trinajstić information content (AvgIpc) is 1.88. The summed E-state index contributed by atoms with van der Waals surface area (Å²) in [6.07, 6.45) is 2.61. The molecule has 1 aliphatic heterocycles. The SMILES string of the molecule is NC1=NC=C(B(O)O)CC1. The van der Waals surface area contributed by atoms with Gasteiger partial charge in [-0.3, -0.25) is 0 Å². The largest absolute Gasteiger partial charge is 0.485 e. The van der Waals surface area contributed by atoms with E-state index in [1.165, 1.54) is 6.20 Å². The van der Waals surface area contributed by atoms with E-state index in [1.807, 2.05) is 0 Å². The minimum absolute atomic E-state index is 0.522. The van der Waals surface area contributed by atoms with E-state index < -0.39 is 7.12 Å². The fourth-order valence-electron chi connectivity index (χ4n) is 0.763. The highest BCUT2D eigenvalue weighted by molar-refractivity contribution is 6.50. The Morgan fingerprint density at radius 3 is 2.60 bits per heavy atom. The van der Waals surface area contributed by atoms with Crippen LogP contribution in [0, 0.1) is 0 Å². The normalized spacial score (nSPS) is 17.8. The summed E-state index contributed by atoms with van der Waals surface area (Å²) in [5.41, 5.74) is 5.86. The molecule has 0 aliphatic carbocycles. The van der Waals surface area contributed by atoms with Crippen LogP contribution in [0.5, 0.6) is 0 Å². The molecule has 1 heterocycles.